The average molecular weight is 362 g/mol. The summed E-state index contributed by atoms with van der Waals surface area (Å²) in [6, 6.07) is 5.88. The molecule has 2 aliphatic heterocycles. The molecule has 0 spiro atoms. The summed E-state index contributed by atoms with van der Waals surface area (Å²) >= 11 is 0. The van der Waals surface area contributed by atoms with Crippen molar-refractivity contribution in [2.75, 3.05) is 66.6 Å². The number of piperazine rings is 2. The van der Waals surface area contributed by atoms with E-state index in [1.165, 1.54) is 0 Å². The second-order valence-electron chi connectivity index (χ2n) is 7.03. The van der Waals surface area contributed by atoms with Crippen LogP contribution in [0.3, 0.4) is 0 Å². The minimum Gasteiger partial charge on any atom is -0.493 e. The minimum atomic E-state index is 0.0134. The number of rotatable bonds is 6. The summed E-state index contributed by atoms with van der Waals surface area (Å²) in [5, 5.41) is 0. The lowest BCUT2D eigenvalue weighted by Crippen LogP contribution is -2.62. The normalized spacial score (nSPS) is 21.3. The molecule has 2 aliphatic rings. The Morgan fingerprint density at radius 2 is 2.04 bits per heavy atom. The van der Waals surface area contributed by atoms with Gasteiger partial charge in [-0.2, -0.15) is 0 Å². The molecular weight excluding hydrogens is 332 g/mol. The lowest BCUT2D eigenvalue weighted by molar-refractivity contribution is 0.0188. The molecule has 0 unspecified atom stereocenters. The number of hydrogen-bond acceptors (Lipinski definition) is 6. The van der Waals surface area contributed by atoms with Gasteiger partial charge in [-0.15, -0.1) is 0 Å². The molecule has 1 atom stereocenters. The molecule has 144 valence electrons. The predicted octanol–water partition coefficient (Wildman–Crippen LogP) is 0.495. The second-order valence-corrected chi connectivity index (χ2v) is 7.03. The van der Waals surface area contributed by atoms with Crippen molar-refractivity contribution in [2.45, 2.75) is 12.5 Å². The molecule has 1 aromatic rings. The Hall–Kier alpha value is -1.83. The third-order valence-electron chi connectivity index (χ3n) is 5.21. The number of likely N-dealkylation sites (N-methyl/N-ethyl adjacent to an activating group) is 1. The molecule has 2 saturated heterocycles. The van der Waals surface area contributed by atoms with Crippen molar-refractivity contribution in [3.63, 3.8) is 0 Å². The Kier molecular flexibility index (Phi) is 6.34. The Bertz CT molecular complexity index is 625. The molecular formula is C19H30N4O3. The number of para-hydroxylation sites is 1. The smallest absolute Gasteiger partial charge is 0.257 e. The van der Waals surface area contributed by atoms with E-state index < -0.39 is 0 Å². The molecule has 2 N–H and O–H groups in total. The van der Waals surface area contributed by atoms with Crippen LogP contribution in [0.2, 0.25) is 0 Å². The van der Waals surface area contributed by atoms with Gasteiger partial charge in [0.05, 0.1) is 19.3 Å². The number of carbonyl (C=O) groups is 1. The van der Waals surface area contributed by atoms with E-state index in [2.05, 4.69) is 16.8 Å². The fourth-order valence-corrected chi connectivity index (χ4v) is 3.72. The lowest BCUT2D eigenvalue weighted by atomic mass is 10.1. The van der Waals surface area contributed by atoms with Gasteiger partial charge in [0, 0.05) is 45.3 Å². The van der Waals surface area contributed by atoms with Crippen LogP contribution in [0.15, 0.2) is 18.2 Å². The van der Waals surface area contributed by atoms with Crippen LogP contribution in [-0.2, 0) is 0 Å². The number of carbonyl (C=O) groups excluding carboxylic acids is 1. The van der Waals surface area contributed by atoms with Gasteiger partial charge in [-0.05, 0) is 32.1 Å². The highest BCUT2D eigenvalue weighted by atomic mass is 16.5. The molecule has 0 bridgehead atoms. The summed E-state index contributed by atoms with van der Waals surface area (Å²) in [5.74, 6) is 1.13. The topological polar surface area (TPSA) is 71.3 Å². The molecule has 2 fully saturated rings. The number of nitrogens with zero attached hydrogens (tertiary/aromatic N) is 3. The molecule has 0 radical (unpaired) electrons. The highest BCUT2D eigenvalue weighted by molar-refractivity contribution is 5.98. The van der Waals surface area contributed by atoms with Crippen LogP contribution in [0.4, 0.5) is 0 Å². The van der Waals surface area contributed by atoms with Gasteiger partial charge in [-0.1, -0.05) is 6.07 Å². The number of hydrogen-bond donors (Lipinski definition) is 1. The number of amides is 1. The Balaban J connectivity index is 1.76. The van der Waals surface area contributed by atoms with Crippen molar-refractivity contribution >= 4 is 5.91 Å². The first kappa shape index (κ1) is 18.9. The summed E-state index contributed by atoms with van der Waals surface area (Å²) in [5.41, 5.74) is 6.12. The zero-order valence-electron chi connectivity index (χ0n) is 15.8. The SMILES string of the molecule is COc1cccc(C(=O)N2CCN3CCN(C)C[C@H]3C2)c1OCCCN. The van der Waals surface area contributed by atoms with Gasteiger partial charge in [0.15, 0.2) is 11.5 Å². The van der Waals surface area contributed by atoms with Crippen LogP contribution in [-0.4, -0.2) is 93.2 Å². The van der Waals surface area contributed by atoms with Gasteiger partial charge in [0.1, 0.15) is 0 Å². The molecule has 1 aromatic carbocycles. The molecule has 0 aromatic heterocycles. The monoisotopic (exact) mass is 362 g/mol. The van der Waals surface area contributed by atoms with Crippen molar-refractivity contribution in [1.29, 1.82) is 0 Å². The maximum Gasteiger partial charge on any atom is 0.257 e. The third-order valence-corrected chi connectivity index (χ3v) is 5.21. The predicted molar refractivity (Wildman–Crippen MR) is 101 cm³/mol. The summed E-state index contributed by atoms with van der Waals surface area (Å²) in [6.45, 7) is 6.63. The number of nitrogens with two attached hydrogens (primary N) is 1. The van der Waals surface area contributed by atoms with Crippen LogP contribution in [0, 0.1) is 0 Å². The summed E-state index contributed by atoms with van der Waals surface area (Å²) in [6.07, 6.45) is 0.735. The second kappa shape index (κ2) is 8.70. The molecule has 0 aliphatic carbocycles. The lowest BCUT2D eigenvalue weighted by Gasteiger charge is -2.46. The van der Waals surface area contributed by atoms with E-state index in [1.807, 2.05) is 23.1 Å². The first-order valence-electron chi connectivity index (χ1n) is 9.35. The van der Waals surface area contributed by atoms with Crippen molar-refractivity contribution in [3.05, 3.63) is 23.8 Å². The Labute approximate surface area is 155 Å². The molecule has 2 heterocycles. The van der Waals surface area contributed by atoms with Gasteiger partial charge >= 0.3 is 0 Å². The number of benzene rings is 1. The molecule has 1 amide bonds. The maximum atomic E-state index is 13.2. The fraction of sp³-hybridized carbons (Fsp3) is 0.632. The van der Waals surface area contributed by atoms with E-state index in [1.54, 1.807) is 7.11 Å². The molecule has 3 rings (SSSR count). The van der Waals surface area contributed by atoms with Crippen LogP contribution >= 0.6 is 0 Å². The highest BCUT2D eigenvalue weighted by Crippen LogP contribution is 2.32. The average Bonchev–Trinajstić information content (AvgIpc) is 2.67. The summed E-state index contributed by atoms with van der Waals surface area (Å²) in [7, 11) is 3.74. The van der Waals surface area contributed by atoms with E-state index in [9.17, 15) is 4.79 Å². The highest BCUT2D eigenvalue weighted by Gasteiger charge is 2.34. The molecule has 7 heteroatoms. The quantitative estimate of drug-likeness (QED) is 0.743. The molecule has 0 saturated carbocycles. The number of methoxy groups -OCH3 is 1. The van der Waals surface area contributed by atoms with Crippen molar-refractivity contribution in [3.8, 4) is 11.5 Å². The number of fused-ring (bicyclic) bond motifs is 1. The Morgan fingerprint density at radius 3 is 2.81 bits per heavy atom. The summed E-state index contributed by atoms with van der Waals surface area (Å²) in [4.78, 5) is 20.0. The third kappa shape index (κ3) is 4.11. The fourth-order valence-electron chi connectivity index (χ4n) is 3.72. The maximum absolute atomic E-state index is 13.2. The van der Waals surface area contributed by atoms with Crippen LogP contribution < -0.4 is 15.2 Å². The van der Waals surface area contributed by atoms with Gasteiger partial charge < -0.3 is 25.0 Å². The van der Waals surface area contributed by atoms with Gasteiger partial charge in [0.25, 0.3) is 5.91 Å². The first-order chi connectivity index (χ1) is 12.6. The summed E-state index contributed by atoms with van der Waals surface area (Å²) < 4.78 is 11.3. The van der Waals surface area contributed by atoms with Crippen LogP contribution in [0.5, 0.6) is 11.5 Å². The molecule has 7 nitrogen and oxygen atoms in total. The first-order valence-corrected chi connectivity index (χ1v) is 9.35. The van der Waals surface area contributed by atoms with E-state index in [4.69, 9.17) is 15.2 Å². The number of ether oxygens (including phenoxy) is 2. The van der Waals surface area contributed by atoms with E-state index in [0.29, 0.717) is 36.3 Å². The zero-order valence-corrected chi connectivity index (χ0v) is 15.8. The largest absolute Gasteiger partial charge is 0.493 e. The van der Waals surface area contributed by atoms with Gasteiger partial charge in [-0.3, -0.25) is 9.69 Å². The van der Waals surface area contributed by atoms with Crippen molar-refractivity contribution in [1.82, 2.24) is 14.7 Å². The van der Waals surface area contributed by atoms with Gasteiger partial charge in [0.2, 0.25) is 0 Å². The van der Waals surface area contributed by atoms with Crippen LogP contribution in [0.25, 0.3) is 0 Å². The van der Waals surface area contributed by atoms with Gasteiger partial charge in [-0.25, -0.2) is 0 Å². The zero-order chi connectivity index (χ0) is 18.5. The Morgan fingerprint density at radius 1 is 1.23 bits per heavy atom. The van der Waals surface area contributed by atoms with Crippen molar-refractivity contribution in [2.24, 2.45) is 5.73 Å². The van der Waals surface area contributed by atoms with Crippen molar-refractivity contribution < 1.29 is 14.3 Å². The minimum absolute atomic E-state index is 0.0134. The molecule has 26 heavy (non-hydrogen) atoms. The standard InChI is InChI=1S/C19H30N4O3/c1-21-8-9-22-10-11-23(14-15(22)13-21)19(24)16-5-3-6-17(25-2)18(16)26-12-4-7-20/h3,5-6,15H,4,7-14,20H2,1-2H3/t15-/m0/s1. The van der Waals surface area contributed by atoms with Crippen LogP contribution in [0.1, 0.15) is 16.8 Å². The van der Waals surface area contributed by atoms with E-state index in [-0.39, 0.29) is 5.91 Å². The van der Waals surface area contributed by atoms with E-state index >= 15 is 0 Å². The van der Waals surface area contributed by atoms with E-state index in [0.717, 1.165) is 45.7 Å².